The number of ether oxygens (including phenoxy) is 1. The van der Waals surface area contributed by atoms with Gasteiger partial charge < -0.3 is 14.5 Å². The standard InChI is InChI=1S/C18H18N2O3S/c1-12-8-18(20-16-9-13(22-2)5-6-15(12)16)24-11-17(21)19-10-14-4-3-7-23-14/h3-9H,10-11H2,1-2H3,(H,19,21). The van der Waals surface area contributed by atoms with E-state index in [4.69, 9.17) is 9.15 Å². The molecule has 0 bridgehead atoms. The van der Waals surface area contributed by atoms with Crippen molar-refractivity contribution in [1.82, 2.24) is 10.3 Å². The number of thioether (sulfide) groups is 1. The molecule has 1 aromatic carbocycles. The lowest BCUT2D eigenvalue weighted by Gasteiger charge is -2.08. The molecule has 0 saturated carbocycles. The second-order valence-corrected chi connectivity index (χ2v) is 6.30. The Labute approximate surface area is 144 Å². The Morgan fingerprint density at radius 3 is 2.96 bits per heavy atom. The van der Waals surface area contributed by atoms with Crippen molar-refractivity contribution < 1.29 is 13.9 Å². The number of pyridine rings is 1. The third-order valence-electron chi connectivity index (χ3n) is 3.59. The largest absolute Gasteiger partial charge is 0.497 e. The van der Waals surface area contributed by atoms with Crippen LogP contribution < -0.4 is 10.1 Å². The molecular formula is C18H18N2O3S. The summed E-state index contributed by atoms with van der Waals surface area (Å²) in [4.78, 5) is 16.6. The monoisotopic (exact) mass is 342 g/mol. The van der Waals surface area contributed by atoms with Gasteiger partial charge in [0.25, 0.3) is 0 Å². The first kappa shape index (κ1) is 16.4. The summed E-state index contributed by atoms with van der Waals surface area (Å²) in [7, 11) is 1.63. The Kier molecular flexibility index (Phi) is 5.05. The van der Waals surface area contributed by atoms with Crippen molar-refractivity contribution in [1.29, 1.82) is 0 Å². The van der Waals surface area contributed by atoms with Crippen LogP contribution in [0.5, 0.6) is 5.75 Å². The van der Waals surface area contributed by atoms with Gasteiger partial charge in [0.05, 0.1) is 36.2 Å². The Morgan fingerprint density at radius 1 is 1.33 bits per heavy atom. The van der Waals surface area contributed by atoms with Crippen LogP contribution in [0.4, 0.5) is 0 Å². The smallest absolute Gasteiger partial charge is 0.230 e. The summed E-state index contributed by atoms with van der Waals surface area (Å²) in [6.07, 6.45) is 1.59. The van der Waals surface area contributed by atoms with Gasteiger partial charge in [-0.15, -0.1) is 0 Å². The van der Waals surface area contributed by atoms with E-state index in [0.29, 0.717) is 12.3 Å². The predicted molar refractivity (Wildman–Crippen MR) is 94.3 cm³/mol. The van der Waals surface area contributed by atoms with Crippen molar-refractivity contribution >= 4 is 28.6 Å². The second-order valence-electron chi connectivity index (χ2n) is 5.31. The van der Waals surface area contributed by atoms with Crippen LogP contribution in [0.1, 0.15) is 11.3 Å². The van der Waals surface area contributed by atoms with Gasteiger partial charge in [-0.3, -0.25) is 4.79 Å². The molecule has 2 aromatic heterocycles. The average Bonchev–Trinajstić information content (AvgIpc) is 3.11. The highest BCUT2D eigenvalue weighted by atomic mass is 32.2. The zero-order chi connectivity index (χ0) is 16.9. The summed E-state index contributed by atoms with van der Waals surface area (Å²) in [5.74, 6) is 1.76. The highest BCUT2D eigenvalue weighted by molar-refractivity contribution is 7.99. The van der Waals surface area contributed by atoms with Gasteiger partial charge in [0, 0.05) is 11.5 Å². The lowest BCUT2D eigenvalue weighted by atomic mass is 10.1. The summed E-state index contributed by atoms with van der Waals surface area (Å²) in [6.45, 7) is 2.44. The van der Waals surface area contributed by atoms with Crippen LogP contribution >= 0.6 is 11.8 Å². The minimum Gasteiger partial charge on any atom is -0.497 e. The van der Waals surface area contributed by atoms with Crippen molar-refractivity contribution in [2.75, 3.05) is 12.9 Å². The number of amides is 1. The maximum Gasteiger partial charge on any atom is 0.230 e. The summed E-state index contributed by atoms with van der Waals surface area (Å²) >= 11 is 1.41. The van der Waals surface area contributed by atoms with Crippen molar-refractivity contribution in [3.8, 4) is 5.75 Å². The number of hydrogen-bond acceptors (Lipinski definition) is 5. The molecule has 2 heterocycles. The van der Waals surface area contributed by atoms with E-state index in [1.54, 1.807) is 19.4 Å². The maximum absolute atomic E-state index is 11.9. The highest BCUT2D eigenvalue weighted by Crippen LogP contribution is 2.26. The number of furan rings is 1. The minimum atomic E-state index is -0.0541. The lowest BCUT2D eigenvalue weighted by molar-refractivity contribution is -0.118. The molecule has 0 atom stereocenters. The molecule has 24 heavy (non-hydrogen) atoms. The third-order valence-corrected chi connectivity index (χ3v) is 4.50. The van der Waals surface area contributed by atoms with E-state index in [1.165, 1.54) is 11.8 Å². The van der Waals surface area contributed by atoms with Crippen LogP contribution in [0.2, 0.25) is 0 Å². The predicted octanol–water partition coefficient (Wildman–Crippen LogP) is 3.55. The van der Waals surface area contributed by atoms with Crippen LogP contribution in [0.15, 0.2) is 52.1 Å². The summed E-state index contributed by atoms with van der Waals surface area (Å²) in [6, 6.07) is 11.5. The normalized spacial score (nSPS) is 10.8. The van der Waals surface area contributed by atoms with Gasteiger partial charge in [-0.1, -0.05) is 11.8 Å². The fourth-order valence-corrected chi connectivity index (χ4v) is 3.15. The van der Waals surface area contributed by atoms with Crippen LogP contribution in [0.25, 0.3) is 10.9 Å². The van der Waals surface area contributed by atoms with Gasteiger partial charge in [0.15, 0.2) is 0 Å². The van der Waals surface area contributed by atoms with Crippen molar-refractivity contribution in [3.63, 3.8) is 0 Å². The Balaban J connectivity index is 1.65. The molecule has 0 radical (unpaired) electrons. The number of aromatic nitrogens is 1. The topological polar surface area (TPSA) is 64.4 Å². The quantitative estimate of drug-likeness (QED) is 0.694. The summed E-state index contributed by atoms with van der Waals surface area (Å²) < 4.78 is 10.4. The van der Waals surface area contributed by atoms with E-state index in [0.717, 1.165) is 33.0 Å². The Hall–Kier alpha value is -2.47. The fraction of sp³-hybridized carbons (Fsp3) is 0.222. The van der Waals surface area contributed by atoms with E-state index in [1.807, 2.05) is 37.3 Å². The van der Waals surface area contributed by atoms with Crippen LogP contribution in [0, 0.1) is 6.92 Å². The maximum atomic E-state index is 11.9. The van der Waals surface area contributed by atoms with Gasteiger partial charge in [-0.05, 0) is 42.8 Å². The number of methoxy groups -OCH3 is 1. The molecule has 0 aliphatic rings. The number of nitrogens with zero attached hydrogens (tertiary/aromatic N) is 1. The van der Waals surface area contributed by atoms with Gasteiger partial charge in [-0.25, -0.2) is 4.98 Å². The SMILES string of the molecule is COc1ccc2c(C)cc(SCC(=O)NCc3ccco3)nc2c1. The van der Waals surface area contributed by atoms with E-state index in [2.05, 4.69) is 10.3 Å². The molecule has 0 aliphatic heterocycles. The van der Waals surface area contributed by atoms with Crippen LogP contribution in [-0.4, -0.2) is 23.8 Å². The van der Waals surface area contributed by atoms with Gasteiger partial charge in [0.1, 0.15) is 11.5 Å². The number of nitrogens with one attached hydrogen (secondary N) is 1. The number of carbonyl (C=O) groups excluding carboxylic acids is 1. The molecule has 1 amide bonds. The molecule has 0 unspecified atom stereocenters. The molecule has 5 nitrogen and oxygen atoms in total. The first-order chi connectivity index (χ1) is 11.7. The van der Waals surface area contributed by atoms with Gasteiger partial charge in [0.2, 0.25) is 5.91 Å². The average molecular weight is 342 g/mol. The van der Waals surface area contributed by atoms with E-state index in [9.17, 15) is 4.79 Å². The molecule has 1 N–H and O–H groups in total. The van der Waals surface area contributed by atoms with Crippen molar-refractivity contribution in [2.45, 2.75) is 18.5 Å². The molecular weight excluding hydrogens is 324 g/mol. The number of fused-ring (bicyclic) bond motifs is 1. The lowest BCUT2D eigenvalue weighted by Crippen LogP contribution is -2.24. The fourth-order valence-electron chi connectivity index (χ4n) is 2.34. The van der Waals surface area contributed by atoms with E-state index < -0.39 is 0 Å². The minimum absolute atomic E-state index is 0.0541. The Morgan fingerprint density at radius 2 is 2.21 bits per heavy atom. The van der Waals surface area contributed by atoms with Crippen LogP contribution in [0.3, 0.4) is 0 Å². The molecule has 0 spiro atoms. The number of carbonyl (C=O) groups is 1. The highest BCUT2D eigenvalue weighted by Gasteiger charge is 2.08. The Bertz CT molecular complexity index is 847. The number of benzene rings is 1. The van der Waals surface area contributed by atoms with E-state index in [-0.39, 0.29) is 5.91 Å². The molecule has 0 fully saturated rings. The van der Waals surface area contributed by atoms with Gasteiger partial charge >= 0.3 is 0 Å². The van der Waals surface area contributed by atoms with Crippen LogP contribution in [-0.2, 0) is 11.3 Å². The molecule has 0 aliphatic carbocycles. The first-order valence-electron chi connectivity index (χ1n) is 7.53. The molecule has 3 rings (SSSR count). The molecule has 6 heteroatoms. The van der Waals surface area contributed by atoms with Crippen molar-refractivity contribution in [2.24, 2.45) is 0 Å². The zero-order valence-corrected chi connectivity index (χ0v) is 14.4. The third kappa shape index (κ3) is 3.89. The summed E-state index contributed by atoms with van der Waals surface area (Å²) in [5, 5.41) is 4.73. The molecule has 0 saturated heterocycles. The first-order valence-corrected chi connectivity index (χ1v) is 8.51. The number of aryl methyl sites for hydroxylation is 1. The van der Waals surface area contributed by atoms with E-state index >= 15 is 0 Å². The number of hydrogen-bond donors (Lipinski definition) is 1. The molecule has 124 valence electrons. The molecule has 3 aromatic rings. The summed E-state index contributed by atoms with van der Waals surface area (Å²) in [5.41, 5.74) is 1.99. The van der Waals surface area contributed by atoms with Crippen molar-refractivity contribution in [3.05, 3.63) is 54.0 Å². The second kappa shape index (κ2) is 7.40. The number of rotatable bonds is 6. The zero-order valence-electron chi connectivity index (χ0n) is 13.5. The van der Waals surface area contributed by atoms with Gasteiger partial charge in [-0.2, -0.15) is 0 Å².